The van der Waals surface area contributed by atoms with Crippen LogP contribution in [-0.4, -0.2) is 74.0 Å². The van der Waals surface area contributed by atoms with Crippen LogP contribution >= 0.6 is 23.2 Å². The van der Waals surface area contributed by atoms with E-state index in [1.165, 1.54) is 26.0 Å². The molecule has 8 nitrogen and oxygen atoms in total. The van der Waals surface area contributed by atoms with E-state index < -0.39 is 5.97 Å². The van der Waals surface area contributed by atoms with Gasteiger partial charge in [0.15, 0.2) is 0 Å². The maximum absolute atomic E-state index is 13.1. The minimum Gasteiger partial charge on any atom is -0.465 e. The topological polar surface area (TPSA) is 82.2 Å². The van der Waals surface area contributed by atoms with Gasteiger partial charge < -0.3 is 19.9 Å². The molecule has 3 aromatic rings. The number of nitrogens with zero attached hydrogens (tertiary/aromatic N) is 3. The second-order valence-corrected chi connectivity index (χ2v) is 11.5. The van der Waals surface area contributed by atoms with Gasteiger partial charge in [0.2, 0.25) is 5.91 Å². The first-order valence-electron chi connectivity index (χ1n) is 14.1. The number of nitrogens with one attached hydrogen (secondary N) is 1. The summed E-state index contributed by atoms with van der Waals surface area (Å²) in [6.45, 7) is 5.58. The minimum atomic E-state index is -0.495. The molecule has 5 rings (SSSR count). The van der Waals surface area contributed by atoms with Gasteiger partial charge in [-0.3, -0.25) is 14.5 Å². The van der Waals surface area contributed by atoms with Gasteiger partial charge in [0, 0.05) is 59.7 Å². The largest absolute Gasteiger partial charge is 0.465 e. The summed E-state index contributed by atoms with van der Waals surface area (Å²) in [6, 6.07) is 17.8. The number of benzene rings is 3. The van der Waals surface area contributed by atoms with Crippen LogP contribution < -0.4 is 10.2 Å². The molecule has 0 bridgehead atoms. The van der Waals surface area contributed by atoms with Crippen molar-refractivity contribution in [3.63, 3.8) is 0 Å². The first kappa shape index (κ1) is 29.9. The van der Waals surface area contributed by atoms with Crippen LogP contribution in [0.25, 0.3) is 0 Å². The molecule has 2 saturated heterocycles. The zero-order chi connectivity index (χ0) is 29.6. The standard InChI is InChI=1S/C32H34Cl2N4O4/c1-42-32(41)24-6-4-5-23(19-24)31(40)35-25-7-9-26(10-8-25)37-13-15-38(16-14-37)30(39)20-27-28(33)17-22(18-29(27)34)21-36-11-2-3-12-36/h4-10,17-19H,2-3,11-16,20-21H2,1H3,(H,35,40). The molecule has 2 aliphatic heterocycles. The molecule has 1 N–H and O–H groups in total. The minimum absolute atomic E-state index is 0.0140. The smallest absolute Gasteiger partial charge is 0.337 e. The number of piperazine rings is 1. The van der Waals surface area contributed by atoms with Gasteiger partial charge in [-0.2, -0.15) is 0 Å². The highest BCUT2D eigenvalue weighted by atomic mass is 35.5. The Bertz CT molecular complexity index is 1430. The van der Waals surface area contributed by atoms with Gasteiger partial charge in [-0.25, -0.2) is 4.79 Å². The van der Waals surface area contributed by atoms with E-state index in [0.29, 0.717) is 58.6 Å². The van der Waals surface area contributed by atoms with Gasteiger partial charge in [-0.1, -0.05) is 29.3 Å². The fourth-order valence-corrected chi connectivity index (χ4v) is 6.12. The molecule has 10 heteroatoms. The molecule has 0 aliphatic carbocycles. The number of halogens is 2. The first-order valence-corrected chi connectivity index (χ1v) is 14.9. The van der Waals surface area contributed by atoms with Crippen molar-refractivity contribution in [1.82, 2.24) is 9.80 Å². The van der Waals surface area contributed by atoms with E-state index in [-0.39, 0.29) is 18.2 Å². The molecule has 3 aromatic carbocycles. The number of methoxy groups -OCH3 is 1. The molecular weight excluding hydrogens is 575 g/mol. The van der Waals surface area contributed by atoms with Gasteiger partial charge >= 0.3 is 5.97 Å². The maximum atomic E-state index is 13.1. The molecule has 0 radical (unpaired) electrons. The molecule has 2 fully saturated rings. The predicted octanol–water partition coefficient (Wildman–Crippen LogP) is 5.52. The van der Waals surface area contributed by atoms with Crippen LogP contribution in [0.5, 0.6) is 0 Å². The summed E-state index contributed by atoms with van der Waals surface area (Å²) in [5, 5.41) is 3.96. The summed E-state index contributed by atoms with van der Waals surface area (Å²) < 4.78 is 4.73. The van der Waals surface area contributed by atoms with Crippen molar-refractivity contribution in [2.75, 3.05) is 56.6 Å². The van der Waals surface area contributed by atoms with Crippen LogP contribution in [0.1, 0.15) is 44.7 Å². The number of ether oxygens (including phenoxy) is 1. The fraction of sp³-hybridized carbons (Fsp3) is 0.344. The Morgan fingerprint density at radius 1 is 0.833 bits per heavy atom. The summed E-state index contributed by atoms with van der Waals surface area (Å²) in [6.07, 6.45) is 2.63. The second kappa shape index (κ2) is 13.6. The SMILES string of the molecule is COC(=O)c1cccc(C(=O)Nc2ccc(N3CCN(C(=O)Cc4c(Cl)cc(CN5CCCC5)cc4Cl)CC3)cc2)c1. The highest BCUT2D eigenvalue weighted by Gasteiger charge is 2.24. The second-order valence-electron chi connectivity index (χ2n) is 10.6. The van der Waals surface area contributed by atoms with Crippen molar-refractivity contribution in [2.45, 2.75) is 25.8 Å². The van der Waals surface area contributed by atoms with Gasteiger partial charge in [0.1, 0.15) is 0 Å². The van der Waals surface area contributed by atoms with Crippen molar-refractivity contribution in [3.05, 3.63) is 93.0 Å². The fourth-order valence-electron chi connectivity index (χ4n) is 5.46. The number of carbonyl (C=O) groups is 3. The zero-order valence-electron chi connectivity index (χ0n) is 23.6. The monoisotopic (exact) mass is 608 g/mol. The number of likely N-dealkylation sites (tertiary alicyclic amines) is 1. The third kappa shape index (κ3) is 7.24. The van der Waals surface area contributed by atoms with Crippen LogP contribution in [0.2, 0.25) is 10.0 Å². The lowest BCUT2D eigenvalue weighted by molar-refractivity contribution is -0.130. The maximum Gasteiger partial charge on any atom is 0.337 e. The van der Waals surface area contributed by atoms with Crippen molar-refractivity contribution in [1.29, 1.82) is 0 Å². The third-order valence-corrected chi connectivity index (χ3v) is 8.48. The van der Waals surface area contributed by atoms with E-state index in [1.54, 1.807) is 18.2 Å². The number of hydrogen-bond donors (Lipinski definition) is 1. The lowest BCUT2D eigenvalue weighted by Crippen LogP contribution is -2.49. The van der Waals surface area contributed by atoms with Crippen molar-refractivity contribution in [2.24, 2.45) is 0 Å². The average Bonchev–Trinajstić information content (AvgIpc) is 3.52. The predicted molar refractivity (Wildman–Crippen MR) is 166 cm³/mol. The number of anilines is 2. The molecule has 0 spiro atoms. The first-order chi connectivity index (χ1) is 20.3. The lowest BCUT2D eigenvalue weighted by Gasteiger charge is -2.36. The van der Waals surface area contributed by atoms with E-state index >= 15 is 0 Å². The number of rotatable bonds is 8. The Balaban J connectivity index is 1.13. The molecule has 2 heterocycles. The number of amides is 2. The number of esters is 1. The summed E-state index contributed by atoms with van der Waals surface area (Å²) >= 11 is 13.2. The molecular formula is C32H34Cl2N4O4. The number of carbonyl (C=O) groups excluding carboxylic acids is 3. The van der Waals surface area contributed by atoms with Crippen LogP contribution in [0, 0.1) is 0 Å². The van der Waals surface area contributed by atoms with E-state index in [9.17, 15) is 14.4 Å². The van der Waals surface area contributed by atoms with Crippen molar-refractivity contribution >= 4 is 52.4 Å². The van der Waals surface area contributed by atoms with Crippen molar-refractivity contribution < 1.29 is 19.1 Å². The number of hydrogen-bond acceptors (Lipinski definition) is 6. The molecule has 2 amide bonds. The van der Waals surface area contributed by atoms with E-state index in [4.69, 9.17) is 27.9 Å². The Morgan fingerprint density at radius 3 is 2.12 bits per heavy atom. The quantitative estimate of drug-likeness (QED) is 0.339. The van der Waals surface area contributed by atoms with Gasteiger partial charge in [0.05, 0.1) is 19.1 Å². The lowest BCUT2D eigenvalue weighted by atomic mass is 10.1. The van der Waals surface area contributed by atoms with E-state index in [1.807, 2.05) is 41.3 Å². The van der Waals surface area contributed by atoms with Gasteiger partial charge in [-0.05, 0) is 91.7 Å². The highest BCUT2D eigenvalue weighted by molar-refractivity contribution is 6.36. The van der Waals surface area contributed by atoms with Gasteiger partial charge in [-0.15, -0.1) is 0 Å². The van der Waals surface area contributed by atoms with E-state index in [2.05, 4.69) is 15.1 Å². The normalized spacial score (nSPS) is 15.5. The molecule has 0 aromatic heterocycles. The highest BCUT2D eigenvalue weighted by Crippen LogP contribution is 2.29. The zero-order valence-corrected chi connectivity index (χ0v) is 25.1. The summed E-state index contributed by atoms with van der Waals surface area (Å²) in [7, 11) is 1.30. The van der Waals surface area contributed by atoms with Crippen LogP contribution in [0.15, 0.2) is 60.7 Å². The molecule has 0 saturated carbocycles. The Hall–Kier alpha value is -3.59. The molecule has 0 unspecified atom stereocenters. The molecule has 0 atom stereocenters. The molecule has 42 heavy (non-hydrogen) atoms. The van der Waals surface area contributed by atoms with Crippen molar-refractivity contribution in [3.8, 4) is 0 Å². The Labute approximate surface area is 256 Å². The van der Waals surface area contributed by atoms with E-state index in [0.717, 1.165) is 30.9 Å². The molecule has 2 aliphatic rings. The third-order valence-electron chi connectivity index (χ3n) is 7.80. The Morgan fingerprint density at radius 2 is 1.48 bits per heavy atom. The van der Waals surface area contributed by atoms with Crippen LogP contribution in [-0.2, 0) is 22.5 Å². The summed E-state index contributed by atoms with van der Waals surface area (Å²) in [5.41, 5.74) is 4.09. The van der Waals surface area contributed by atoms with Crippen LogP contribution in [0.3, 0.4) is 0 Å². The van der Waals surface area contributed by atoms with Gasteiger partial charge in [0.25, 0.3) is 5.91 Å². The average molecular weight is 610 g/mol. The van der Waals surface area contributed by atoms with Crippen LogP contribution in [0.4, 0.5) is 11.4 Å². The molecule has 220 valence electrons. The summed E-state index contributed by atoms with van der Waals surface area (Å²) in [4.78, 5) is 44.1. The summed E-state index contributed by atoms with van der Waals surface area (Å²) in [5.74, 6) is -0.799. The Kier molecular flexibility index (Phi) is 9.67.